The Morgan fingerprint density at radius 3 is 2.76 bits per heavy atom. The molecule has 0 fully saturated rings. The van der Waals surface area contributed by atoms with Crippen LogP contribution in [0.3, 0.4) is 0 Å². The van der Waals surface area contributed by atoms with Gasteiger partial charge in [-0.05, 0) is 31.5 Å². The van der Waals surface area contributed by atoms with Crippen LogP contribution in [0.1, 0.15) is 27.3 Å². The van der Waals surface area contributed by atoms with E-state index in [-0.39, 0.29) is 5.78 Å². The number of Topliss-reactive ketones (excluding diaryl/α,β-unsaturated/α-hetero) is 1. The molecule has 0 spiro atoms. The van der Waals surface area contributed by atoms with Crippen LogP contribution < -0.4 is 0 Å². The van der Waals surface area contributed by atoms with E-state index in [9.17, 15) is 4.79 Å². The van der Waals surface area contributed by atoms with Crippen LogP contribution in [0.4, 0.5) is 0 Å². The zero-order valence-corrected chi connectivity index (χ0v) is 10.3. The van der Waals surface area contributed by atoms with Gasteiger partial charge in [-0.25, -0.2) is 0 Å². The molecule has 0 N–H and O–H groups in total. The van der Waals surface area contributed by atoms with Gasteiger partial charge in [-0.3, -0.25) is 14.5 Å². The van der Waals surface area contributed by atoms with Gasteiger partial charge in [-0.15, -0.1) is 0 Å². The van der Waals surface area contributed by atoms with Gasteiger partial charge in [0.2, 0.25) is 0 Å². The normalized spacial score (nSPS) is 10.5. The summed E-state index contributed by atoms with van der Waals surface area (Å²) < 4.78 is 1.75. The monoisotopic (exact) mass is 229 g/mol. The van der Waals surface area contributed by atoms with E-state index in [1.165, 1.54) is 0 Å². The third-order valence-corrected chi connectivity index (χ3v) is 2.76. The topological polar surface area (TPSA) is 47.8 Å². The van der Waals surface area contributed by atoms with Crippen molar-refractivity contribution in [3.8, 4) is 0 Å². The zero-order chi connectivity index (χ0) is 12.4. The molecule has 0 amide bonds. The molecule has 88 valence electrons. The summed E-state index contributed by atoms with van der Waals surface area (Å²) in [5.74, 6) is 0.105. The van der Waals surface area contributed by atoms with Crippen molar-refractivity contribution in [1.29, 1.82) is 0 Å². The summed E-state index contributed by atoms with van der Waals surface area (Å²) >= 11 is 0. The molecule has 0 saturated carbocycles. The molecule has 0 aliphatic rings. The highest BCUT2D eigenvalue weighted by atomic mass is 16.1. The van der Waals surface area contributed by atoms with Crippen molar-refractivity contribution >= 4 is 5.78 Å². The fourth-order valence-corrected chi connectivity index (χ4v) is 1.88. The summed E-state index contributed by atoms with van der Waals surface area (Å²) in [6.45, 7) is 3.82. The van der Waals surface area contributed by atoms with Gasteiger partial charge >= 0.3 is 0 Å². The quantitative estimate of drug-likeness (QED) is 0.755. The molecule has 0 unspecified atom stereocenters. The molecule has 0 aliphatic carbocycles. The van der Waals surface area contributed by atoms with E-state index in [0.717, 1.165) is 22.5 Å². The Morgan fingerprint density at radius 2 is 2.18 bits per heavy atom. The van der Waals surface area contributed by atoms with Crippen LogP contribution >= 0.6 is 0 Å². The van der Waals surface area contributed by atoms with E-state index in [4.69, 9.17) is 0 Å². The second-order valence-corrected chi connectivity index (χ2v) is 4.19. The van der Waals surface area contributed by atoms with Crippen molar-refractivity contribution in [2.24, 2.45) is 7.05 Å². The maximum atomic E-state index is 12.1. The molecule has 2 aromatic rings. The van der Waals surface area contributed by atoms with Crippen LogP contribution in [0.15, 0.2) is 24.5 Å². The van der Waals surface area contributed by atoms with Gasteiger partial charge in [0.15, 0.2) is 5.78 Å². The summed E-state index contributed by atoms with van der Waals surface area (Å²) in [6, 6.07) is 3.70. The van der Waals surface area contributed by atoms with E-state index in [2.05, 4.69) is 10.1 Å². The lowest BCUT2D eigenvalue weighted by atomic mass is 10.0. The van der Waals surface area contributed by atoms with E-state index in [0.29, 0.717) is 6.42 Å². The third kappa shape index (κ3) is 2.41. The van der Waals surface area contributed by atoms with Crippen LogP contribution in [0.25, 0.3) is 0 Å². The number of nitrogens with zero attached hydrogens (tertiary/aromatic N) is 3. The van der Waals surface area contributed by atoms with Crippen LogP contribution in [0.2, 0.25) is 0 Å². The molecule has 0 aromatic carbocycles. The fraction of sp³-hybridized carbons (Fsp3) is 0.308. The first-order valence-electron chi connectivity index (χ1n) is 5.51. The standard InChI is InChI=1S/C13H15N3O/c1-9-8-14-5-4-12(9)13(17)7-11-6-10(2)15-16(11)3/h4-6,8H,7H2,1-3H3. The van der Waals surface area contributed by atoms with Gasteiger partial charge in [-0.1, -0.05) is 0 Å². The van der Waals surface area contributed by atoms with Gasteiger partial charge in [-0.2, -0.15) is 5.10 Å². The first-order chi connectivity index (χ1) is 8.08. The first-order valence-corrected chi connectivity index (χ1v) is 5.51. The average molecular weight is 229 g/mol. The number of hydrogen-bond acceptors (Lipinski definition) is 3. The first kappa shape index (κ1) is 11.5. The minimum Gasteiger partial charge on any atom is -0.294 e. The van der Waals surface area contributed by atoms with Gasteiger partial charge in [0.05, 0.1) is 12.1 Å². The molecule has 0 radical (unpaired) electrons. The van der Waals surface area contributed by atoms with E-state index >= 15 is 0 Å². The smallest absolute Gasteiger partial charge is 0.169 e. The molecule has 17 heavy (non-hydrogen) atoms. The number of rotatable bonds is 3. The van der Waals surface area contributed by atoms with E-state index in [1.807, 2.05) is 27.0 Å². The van der Waals surface area contributed by atoms with Crippen LogP contribution in [-0.2, 0) is 13.5 Å². The molecule has 0 atom stereocenters. The molecule has 0 saturated heterocycles. The largest absolute Gasteiger partial charge is 0.294 e. The van der Waals surface area contributed by atoms with E-state index < -0.39 is 0 Å². The zero-order valence-electron chi connectivity index (χ0n) is 10.3. The number of hydrogen-bond donors (Lipinski definition) is 0. The van der Waals surface area contributed by atoms with Gasteiger partial charge in [0.25, 0.3) is 0 Å². The minimum absolute atomic E-state index is 0.105. The van der Waals surface area contributed by atoms with Crippen molar-refractivity contribution in [3.05, 3.63) is 47.0 Å². The second kappa shape index (κ2) is 4.49. The highest BCUT2D eigenvalue weighted by Crippen LogP contribution is 2.11. The molecular weight excluding hydrogens is 214 g/mol. The van der Waals surface area contributed by atoms with Crippen LogP contribution in [-0.4, -0.2) is 20.5 Å². The van der Waals surface area contributed by atoms with Gasteiger partial charge < -0.3 is 0 Å². The molecule has 4 heteroatoms. The average Bonchev–Trinajstić information content (AvgIpc) is 2.58. The maximum absolute atomic E-state index is 12.1. The van der Waals surface area contributed by atoms with Crippen LogP contribution in [0, 0.1) is 13.8 Å². The lowest BCUT2D eigenvalue weighted by molar-refractivity contribution is 0.0990. The second-order valence-electron chi connectivity index (χ2n) is 4.19. The number of pyridine rings is 1. The van der Waals surface area contributed by atoms with Gasteiger partial charge in [0, 0.05) is 30.7 Å². The summed E-state index contributed by atoms with van der Waals surface area (Å²) in [7, 11) is 1.86. The summed E-state index contributed by atoms with van der Waals surface area (Å²) in [6.07, 6.45) is 3.73. The Labute approximate surface area is 100 Å². The number of ketones is 1. The minimum atomic E-state index is 0.105. The highest BCUT2D eigenvalue weighted by Gasteiger charge is 2.12. The van der Waals surface area contributed by atoms with Crippen molar-refractivity contribution in [2.75, 3.05) is 0 Å². The predicted octanol–water partition coefficient (Wildman–Crippen LogP) is 1.86. The Bertz CT molecular complexity index is 558. The number of carbonyl (C=O) groups excluding carboxylic acids is 1. The number of aryl methyl sites for hydroxylation is 3. The van der Waals surface area contributed by atoms with Crippen molar-refractivity contribution in [3.63, 3.8) is 0 Å². The molecule has 2 aromatic heterocycles. The summed E-state index contributed by atoms with van der Waals surface area (Å²) in [5.41, 5.74) is 3.51. The Hall–Kier alpha value is -1.97. The molecule has 2 heterocycles. The molecular formula is C13H15N3O. The lowest BCUT2D eigenvalue weighted by Gasteiger charge is -2.04. The Kier molecular flexibility index (Phi) is 3.04. The van der Waals surface area contributed by atoms with Crippen molar-refractivity contribution < 1.29 is 4.79 Å². The predicted molar refractivity (Wildman–Crippen MR) is 65.0 cm³/mol. The molecule has 2 rings (SSSR count). The summed E-state index contributed by atoms with van der Waals surface area (Å²) in [4.78, 5) is 16.1. The molecule has 4 nitrogen and oxygen atoms in total. The van der Waals surface area contributed by atoms with Crippen LogP contribution in [0.5, 0.6) is 0 Å². The molecule has 0 aliphatic heterocycles. The van der Waals surface area contributed by atoms with Crippen molar-refractivity contribution in [2.45, 2.75) is 20.3 Å². The maximum Gasteiger partial charge on any atom is 0.169 e. The highest BCUT2D eigenvalue weighted by molar-refractivity contribution is 5.98. The van der Waals surface area contributed by atoms with Gasteiger partial charge in [0.1, 0.15) is 0 Å². The number of aromatic nitrogens is 3. The lowest BCUT2D eigenvalue weighted by Crippen LogP contribution is -2.09. The van der Waals surface area contributed by atoms with E-state index in [1.54, 1.807) is 23.1 Å². The molecule has 0 bridgehead atoms. The number of carbonyl (C=O) groups is 1. The van der Waals surface area contributed by atoms with Crippen molar-refractivity contribution in [1.82, 2.24) is 14.8 Å². The SMILES string of the molecule is Cc1cc(CC(=O)c2ccncc2C)n(C)n1. The summed E-state index contributed by atoms with van der Waals surface area (Å²) in [5, 5.41) is 4.23. The fourth-order valence-electron chi connectivity index (χ4n) is 1.88. The third-order valence-electron chi connectivity index (χ3n) is 2.76. The Balaban J connectivity index is 2.23. The Morgan fingerprint density at radius 1 is 1.41 bits per heavy atom.